The Morgan fingerprint density at radius 1 is 1.06 bits per heavy atom. The summed E-state index contributed by atoms with van der Waals surface area (Å²) in [5.74, 6) is -2.11. The Morgan fingerprint density at radius 2 is 1.85 bits per heavy atom. The van der Waals surface area contributed by atoms with Gasteiger partial charge in [-0.15, -0.1) is 0 Å². The van der Waals surface area contributed by atoms with Crippen molar-refractivity contribution >= 4 is 23.5 Å². The normalized spacial score (nSPS) is 15.0. The van der Waals surface area contributed by atoms with Gasteiger partial charge in [-0.2, -0.15) is 4.39 Å². The molecule has 1 unspecified atom stereocenters. The molecule has 0 aliphatic carbocycles. The zero-order valence-electron chi connectivity index (χ0n) is 17.4. The van der Waals surface area contributed by atoms with Crippen LogP contribution >= 0.6 is 11.6 Å². The number of carbonyl (C=O) groups is 2. The number of aliphatic carboxylic acids is 1. The predicted octanol–water partition coefficient (Wildman–Crippen LogP) is 3.89. The molecule has 1 amide bonds. The highest BCUT2D eigenvalue weighted by Crippen LogP contribution is 2.40. The first-order valence-electron chi connectivity index (χ1n) is 10.2. The van der Waals surface area contributed by atoms with Crippen molar-refractivity contribution in [3.63, 3.8) is 0 Å². The van der Waals surface area contributed by atoms with Crippen LogP contribution in [0.5, 0.6) is 11.5 Å². The number of pyridine rings is 1. The molecule has 0 bridgehead atoms. The SMILES string of the molecule is O=C(O)COc1ccc(Cl)cc1C1c2ccccc2CCN1C(=O)COc1cccnc1F. The van der Waals surface area contributed by atoms with E-state index >= 15 is 0 Å². The average molecular weight is 471 g/mol. The molecule has 0 saturated heterocycles. The van der Waals surface area contributed by atoms with Crippen LogP contribution in [0.15, 0.2) is 60.8 Å². The van der Waals surface area contributed by atoms with E-state index in [1.807, 2.05) is 24.3 Å². The van der Waals surface area contributed by atoms with E-state index in [-0.39, 0.29) is 11.7 Å². The molecule has 4 rings (SSSR count). The van der Waals surface area contributed by atoms with E-state index in [2.05, 4.69) is 4.98 Å². The van der Waals surface area contributed by atoms with Crippen LogP contribution in [0.1, 0.15) is 22.7 Å². The third-order valence-corrected chi connectivity index (χ3v) is 5.53. The fourth-order valence-electron chi connectivity index (χ4n) is 3.88. The number of ether oxygens (including phenoxy) is 2. The molecular weight excluding hydrogens is 451 g/mol. The summed E-state index contributed by atoms with van der Waals surface area (Å²) in [5, 5.41) is 9.48. The summed E-state index contributed by atoms with van der Waals surface area (Å²) in [4.78, 5) is 29.4. The topological polar surface area (TPSA) is 89.0 Å². The van der Waals surface area contributed by atoms with Crippen LogP contribution in [0, 0.1) is 5.95 Å². The summed E-state index contributed by atoms with van der Waals surface area (Å²) in [6, 6.07) is 14.8. The van der Waals surface area contributed by atoms with E-state index in [9.17, 15) is 14.0 Å². The maximum atomic E-state index is 13.8. The van der Waals surface area contributed by atoms with Gasteiger partial charge in [0.15, 0.2) is 19.0 Å². The fraction of sp³-hybridized carbons (Fsp3) is 0.208. The first-order valence-corrected chi connectivity index (χ1v) is 10.6. The molecule has 170 valence electrons. The van der Waals surface area contributed by atoms with Crippen molar-refractivity contribution in [2.45, 2.75) is 12.5 Å². The minimum Gasteiger partial charge on any atom is -0.482 e. The number of amides is 1. The fourth-order valence-corrected chi connectivity index (χ4v) is 4.06. The number of carboxylic acid groups (broad SMARTS) is 1. The molecule has 1 aromatic heterocycles. The Bertz CT molecular complexity index is 1190. The van der Waals surface area contributed by atoms with Gasteiger partial charge >= 0.3 is 5.97 Å². The molecule has 7 nitrogen and oxygen atoms in total. The molecular formula is C24H20ClFN2O5. The van der Waals surface area contributed by atoms with Crippen LogP contribution in [-0.4, -0.2) is 46.6 Å². The van der Waals surface area contributed by atoms with Crippen molar-refractivity contribution in [1.82, 2.24) is 9.88 Å². The maximum absolute atomic E-state index is 13.8. The van der Waals surface area contributed by atoms with Gasteiger partial charge in [0, 0.05) is 23.3 Å². The molecule has 0 spiro atoms. The summed E-state index contributed by atoms with van der Waals surface area (Å²) in [5.41, 5.74) is 2.47. The zero-order chi connectivity index (χ0) is 23.4. The summed E-state index contributed by atoms with van der Waals surface area (Å²) in [7, 11) is 0. The Labute approximate surface area is 194 Å². The summed E-state index contributed by atoms with van der Waals surface area (Å²) in [6.07, 6.45) is 1.91. The minimum atomic E-state index is -1.13. The number of hydrogen-bond acceptors (Lipinski definition) is 5. The van der Waals surface area contributed by atoms with Crippen molar-refractivity contribution < 1.29 is 28.6 Å². The zero-order valence-corrected chi connectivity index (χ0v) is 18.2. The van der Waals surface area contributed by atoms with Crippen LogP contribution in [0.2, 0.25) is 5.02 Å². The maximum Gasteiger partial charge on any atom is 0.341 e. The van der Waals surface area contributed by atoms with E-state index in [1.54, 1.807) is 23.1 Å². The molecule has 2 aromatic carbocycles. The lowest BCUT2D eigenvalue weighted by Gasteiger charge is -2.38. The smallest absolute Gasteiger partial charge is 0.341 e. The van der Waals surface area contributed by atoms with Crippen LogP contribution in [0.3, 0.4) is 0 Å². The first kappa shape index (κ1) is 22.5. The van der Waals surface area contributed by atoms with E-state index in [0.717, 1.165) is 11.1 Å². The van der Waals surface area contributed by atoms with Crippen molar-refractivity contribution in [2.75, 3.05) is 19.8 Å². The molecule has 1 N–H and O–H groups in total. The standard InChI is InChI=1S/C24H20ClFN2O5/c25-16-7-8-19(33-14-22(30)31)18(12-16)23-17-5-2-1-4-15(17)9-11-28(23)21(29)13-32-20-6-3-10-27-24(20)26/h1-8,10,12,23H,9,11,13-14H2,(H,30,31). The number of hydrogen-bond donors (Lipinski definition) is 1. The van der Waals surface area contributed by atoms with Gasteiger partial charge < -0.3 is 19.5 Å². The highest BCUT2D eigenvalue weighted by molar-refractivity contribution is 6.30. The third kappa shape index (κ3) is 5.06. The molecule has 1 atom stereocenters. The number of rotatable bonds is 7. The van der Waals surface area contributed by atoms with Crippen molar-refractivity contribution in [2.24, 2.45) is 0 Å². The number of carbonyl (C=O) groups excluding carboxylic acids is 1. The molecule has 0 saturated carbocycles. The lowest BCUT2D eigenvalue weighted by molar-refractivity contribution is -0.139. The number of benzene rings is 2. The van der Waals surface area contributed by atoms with Gasteiger partial charge in [-0.3, -0.25) is 4.79 Å². The molecule has 0 radical (unpaired) electrons. The highest BCUT2D eigenvalue weighted by Gasteiger charge is 2.34. The van der Waals surface area contributed by atoms with Gasteiger partial charge in [0.1, 0.15) is 5.75 Å². The highest BCUT2D eigenvalue weighted by atomic mass is 35.5. The van der Waals surface area contributed by atoms with Crippen molar-refractivity contribution in [1.29, 1.82) is 0 Å². The molecule has 1 aliphatic rings. The molecule has 9 heteroatoms. The number of fused-ring (bicyclic) bond motifs is 1. The van der Waals surface area contributed by atoms with Crippen molar-refractivity contribution in [3.8, 4) is 11.5 Å². The van der Waals surface area contributed by atoms with E-state index in [0.29, 0.717) is 29.3 Å². The van der Waals surface area contributed by atoms with Gasteiger partial charge in [0.05, 0.1) is 6.04 Å². The molecule has 0 fully saturated rings. The first-order chi connectivity index (χ1) is 15.9. The molecule has 2 heterocycles. The number of aromatic nitrogens is 1. The quantitative estimate of drug-likeness (QED) is 0.527. The lowest BCUT2D eigenvalue weighted by Crippen LogP contribution is -2.43. The Hall–Kier alpha value is -3.65. The second-order valence-corrected chi connectivity index (χ2v) is 7.82. The van der Waals surface area contributed by atoms with Gasteiger partial charge in [0.2, 0.25) is 0 Å². The van der Waals surface area contributed by atoms with E-state index in [4.69, 9.17) is 26.2 Å². The van der Waals surface area contributed by atoms with Gasteiger partial charge in [-0.1, -0.05) is 35.9 Å². The van der Waals surface area contributed by atoms with Gasteiger partial charge in [0.25, 0.3) is 11.9 Å². The molecule has 3 aromatic rings. The van der Waals surface area contributed by atoms with Gasteiger partial charge in [-0.05, 0) is 47.9 Å². The van der Waals surface area contributed by atoms with Crippen molar-refractivity contribution in [3.05, 3.63) is 88.5 Å². The Balaban J connectivity index is 1.69. The van der Waals surface area contributed by atoms with E-state index < -0.39 is 31.2 Å². The van der Waals surface area contributed by atoms with E-state index in [1.165, 1.54) is 18.3 Å². The second kappa shape index (κ2) is 9.87. The predicted molar refractivity (Wildman–Crippen MR) is 118 cm³/mol. The lowest BCUT2D eigenvalue weighted by atomic mass is 9.87. The second-order valence-electron chi connectivity index (χ2n) is 7.38. The number of nitrogens with zero attached hydrogens (tertiary/aromatic N) is 2. The third-order valence-electron chi connectivity index (χ3n) is 5.30. The monoisotopic (exact) mass is 470 g/mol. The van der Waals surface area contributed by atoms with Crippen LogP contribution in [0.4, 0.5) is 4.39 Å². The summed E-state index contributed by atoms with van der Waals surface area (Å²) in [6.45, 7) is -0.558. The number of carboxylic acids is 1. The van der Waals surface area contributed by atoms with Crippen LogP contribution in [-0.2, 0) is 16.0 Å². The minimum absolute atomic E-state index is 0.118. The number of halogens is 2. The molecule has 1 aliphatic heterocycles. The summed E-state index contributed by atoms with van der Waals surface area (Å²) < 4.78 is 24.7. The average Bonchev–Trinajstić information content (AvgIpc) is 2.81. The van der Waals surface area contributed by atoms with Crippen LogP contribution in [0.25, 0.3) is 0 Å². The molecule has 33 heavy (non-hydrogen) atoms. The Morgan fingerprint density at radius 3 is 2.64 bits per heavy atom. The van der Waals surface area contributed by atoms with Crippen LogP contribution < -0.4 is 9.47 Å². The van der Waals surface area contributed by atoms with Gasteiger partial charge in [-0.25, -0.2) is 9.78 Å². The summed E-state index contributed by atoms with van der Waals surface area (Å²) >= 11 is 6.26. The Kier molecular flexibility index (Phi) is 6.74. The largest absolute Gasteiger partial charge is 0.482 e.